The van der Waals surface area contributed by atoms with Crippen LogP contribution in [0, 0.1) is 12.8 Å². The minimum Gasteiger partial charge on any atom is -0.367 e. The van der Waals surface area contributed by atoms with E-state index in [1.165, 1.54) is 11.1 Å². The molecule has 0 atom stereocenters. The van der Waals surface area contributed by atoms with Crippen LogP contribution in [-0.4, -0.2) is 51.7 Å². The highest BCUT2D eigenvalue weighted by molar-refractivity contribution is 5.93. The number of benzene rings is 1. The van der Waals surface area contributed by atoms with Crippen LogP contribution in [0.4, 0.5) is 17.5 Å². The van der Waals surface area contributed by atoms with Crippen molar-refractivity contribution in [2.75, 3.05) is 41.3 Å². The summed E-state index contributed by atoms with van der Waals surface area (Å²) in [7, 11) is 0. The molecule has 162 valence electrons. The van der Waals surface area contributed by atoms with E-state index in [-0.39, 0.29) is 11.8 Å². The van der Waals surface area contributed by atoms with E-state index in [0.717, 1.165) is 61.7 Å². The number of fused-ring (bicyclic) bond motifs is 2. The number of aromatic nitrogens is 4. The van der Waals surface area contributed by atoms with Crippen molar-refractivity contribution in [3.05, 3.63) is 54.2 Å². The largest absolute Gasteiger partial charge is 0.367 e. The lowest BCUT2D eigenvalue weighted by Gasteiger charge is -2.37. The van der Waals surface area contributed by atoms with Gasteiger partial charge in [-0.05, 0) is 44.0 Å². The molecular weight excluding hydrogens is 402 g/mol. The van der Waals surface area contributed by atoms with Gasteiger partial charge < -0.3 is 9.80 Å². The summed E-state index contributed by atoms with van der Waals surface area (Å²) < 4.78 is 1.84. The standard InChI is InChI=1S/C24H25N7O/c1-16-15-20(18-5-2-3-6-19(18)25-16)29-11-13-30(14-12-29)22-8-4-7-21-26-24(28-31(21)22)27-23(32)17-9-10-17/h2-8,15,17H,9-14H2,1H3,(H,27,28,32). The smallest absolute Gasteiger partial charge is 0.249 e. The van der Waals surface area contributed by atoms with Gasteiger partial charge in [-0.15, -0.1) is 5.10 Å². The van der Waals surface area contributed by atoms with Crippen LogP contribution < -0.4 is 15.1 Å². The van der Waals surface area contributed by atoms with Crippen LogP contribution in [0.2, 0.25) is 0 Å². The summed E-state index contributed by atoms with van der Waals surface area (Å²) >= 11 is 0. The molecule has 0 radical (unpaired) electrons. The molecular formula is C24H25N7O. The number of rotatable bonds is 4. The number of anilines is 3. The Kier molecular flexibility index (Phi) is 4.45. The van der Waals surface area contributed by atoms with Crippen molar-refractivity contribution in [1.82, 2.24) is 19.6 Å². The first-order valence-electron chi connectivity index (χ1n) is 11.2. The first-order valence-corrected chi connectivity index (χ1v) is 11.2. The van der Waals surface area contributed by atoms with E-state index in [4.69, 9.17) is 0 Å². The Labute approximate surface area is 185 Å². The topological polar surface area (TPSA) is 78.7 Å². The van der Waals surface area contributed by atoms with Gasteiger partial charge in [0.15, 0.2) is 5.65 Å². The molecule has 1 N–H and O–H groups in total. The second-order valence-electron chi connectivity index (χ2n) is 8.63. The molecule has 0 unspecified atom stereocenters. The molecule has 0 bridgehead atoms. The van der Waals surface area contributed by atoms with Gasteiger partial charge in [0.2, 0.25) is 11.9 Å². The Hall–Kier alpha value is -3.68. The summed E-state index contributed by atoms with van der Waals surface area (Å²) in [6, 6.07) is 16.5. The van der Waals surface area contributed by atoms with E-state index < -0.39 is 0 Å². The maximum atomic E-state index is 12.1. The number of nitrogens with zero attached hydrogens (tertiary/aromatic N) is 6. The molecule has 32 heavy (non-hydrogen) atoms. The van der Waals surface area contributed by atoms with Crippen LogP contribution in [0.3, 0.4) is 0 Å². The van der Waals surface area contributed by atoms with E-state index in [1.54, 1.807) is 0 Å². The molecule has 1 aliphatic heterocycles. The zero-order chi connectivity index (χ0) is 21.7. The van der Waals surface area contributed by atoms with Crippen molar-refractivity contribution < 1.29 is 4.79 Å². The minimum absolute atomic E-state index is 0.0240. The van der Waals surface area contributed by atoms with Crippen LogP contribution in [0.5, 0.6) is 0 Å². The predicted molar refractivity (Wildman–Crippen MR) is 125 cm³/mol. The molecule has 2 aliphatic rings. The van der Waals surface area contributed by atoms with Crippen LogP contribution in [-0.2, 0) is 4.79 Å². The number of carbonyl (C=O) groups excluding carboxylic acids is 1. The lowest BCUT2D eigenvalue weighted by atomic mass is 10.1. The normalized spacial score (nSPS) is 16.7. The number of carbonyl (C=O) groups is 1. The van der Waals surface area contributed by atoms with Gasteiger partial charge in [0.25, 0.3) is 0 Å². The second kappa shape index (κ2) is 7.47. The molecule has 1 saturated heterocycles. The quantitative estimate of drug-likeness (QED) is 0.539. The van der Waals surface area contributed by atoms with Crippen molar-refractivity contribution in [2.45, 2.75) is 19.8 Å². The van der Waals surface area contributed by atoms with Gasteiger partial charge in [0.05, 0.1) is 5.52 Å². The fourth-order valence-corrected chi connectivity index (χ4v) is 4.47. The highest BCUT2D eigenvalue weighted by Gasteiger charge is 2.30. The Balaban J connectivity index is 1.24. The molecule has 8 heteroatoms. The average Bonchev–Trinajstić information content (AvgIpc) is 3.58. The Morgan fingerprint density at radius 1 is 0.969 bits per heavy atom. The highest BCUT2D eigenvalue weighted by Crippen LogP contribution is 2.30. The monoisotopic (exact) mass is 427 g/mol. The first kappa shape index (κ1) is 19.0. The summed E-state index contributed by atoms with van der Waals surface area (Å²) in [5.41, 5.74) is 4.07. The predicted octanol–water partition coefficient (Wildman–Crippen LogP) is 3.26. The van der Waals surface area contributed by atoms with Gasteiger partial charge >= 0.3 is 0 Å². The molecule has 8 nitrogen and oxygen atoms in total. The van der Waals surface area contributed by atoms with E-state index >= 15 is 0 Å². The number of pyridine rings is 2. The molecule has 1 aliphatic carbocycles. The number of hydrogen-bond acceptors (Lipinski definition) is 6. The van der Waals surface area contributed by atoms with Gasteiger partial charge in [-0.25, -0.2) is 0 Å². The molecule has 1 saturated carbocycles. The van der Waals surface area contributed by atoms with Crippen LogP contribution in [0.25, 0.3) is 16.6 Å². The molecule has 1 aromatic carbocycles. The number of amides is 1. The number of hydrogen-bond donors (Lipinski definition) is 1. The summed E-state index contributed by atoms with van der Waals surface area (Å²) in [4.78, 5) is 26.1. The fourth-order valence-electron chi connectivity index (χ4n) is 4.47. The van der Waals surface area contributed by atoms with Gasteiger partial charge in [-0.3, -0.25) is 15.1 Å². The molecule has 0 spiro atoms. The summed E-state index contributed by atoms with van der Waals surface area (Å²) in [6.45, 7) is 5.61. The van der Waals surface area contributed by atoms with E-state index in [2.05, 4.69) is 67.4 Å². The Morgan fingerprint density at radius 2 is 1.75 bits per heavy atom. The van der Waals surface area contributed by atoms with Crippen LogP contribution in [0.15, 0.2) is 48.5 Å². The number of nitrogens with one attached hydrogen (secondary N) is 1. The maximum absolute atomic E-state index is 12.1. The van der Waals surface area contributed by atoms with Crippen molar-refractivity contribution in [2.24, 2.45) is 5.92 Å². The lowest BCUT2D eigenvalue weighted by molar-refractivity contribution is -0.117. The van der Waals surface area contributed by atoms with Crippen LogP contribution >= 0.6 is 0 Å². The van der Waals surface area contributed by atoms with E-state index in [0.29, 0.717) is 5.95 Å². The van der Waals surface area contributed by atoms with Crippen molar-refractivity contribution in [1.29, 1.82) is 0 Å². The van der Waals surface area contributed by atoms with Crippen LogP contribution in [0.1, 0.15) is 18.5 Å². The van der Waals surface area contributed by atoms with Gasteiger partial charge in [-0.1, -0.05) is 24.3 Å². The van der Waals surface area contributed by atoms with Crippen molar-refractivity contribution >= 4 is 39.9 Å². The average molecular weight is 428 g/mol. The second-order valence-corrected chi connectivity index (χ2v) is 8.63. The zero-order valence-corrected chi connectivity index (χ0v) is 18.0. The molecule has 1 amide bonds. The Bertz CT molecular complexity index is 1320. The fraction of sp³-hybridized carbons (Fsp3) is 0.333. The highest BCUT2D eigenvalue weighted by atomic mass is 16.2. The van der Waals surface area contributed by atoms with E-state index in [1.807, 2.05) is 22.7 Å². The van der Waals surface area contributed by atoms with E-state index in [9.17, 15) is 4.79 Å². The molecule has 6 rings (SSSR count). The third kappa shape index (κ3) is 3.41. The number of piperazine rings is 1. The molecule has 3 aromatic heterocycles. The minimum atomic E-state index is 0.0240. The number of aryl methyl sites for hydroxylation is 1. The van der Waals surface area contributed by atoms with Crippen molar-refractivity contribution in [3.8, 4) is 0 Å². The van der Waals surface area contributed by atoms with Gasteiger partial charge in [0, 0.05) is 48.9 Å². The SMILES string of the molecule is Cc1cc(N2CCN(c3cccc4nc(NC(=O)C5CC5)nn34)CC2)c2ccccc2n1. The maximum Gasteiger partial charge on any atom is 0.249 e. The third-order valence-electron chi connectivity index (χ3n) is 6.29. The summed E-state index contributed by atoms with van der Waals surface area (Å²) in [5, 5.41) is 8.63. The molecule has 2 fully saturated rings. The molecule has 4 aromatic rings. The van der Waals surface area contributed by atoms with Crippen molar-refractivity contribution in [3.63, 3.8) is 0 Å². The Morgan fingerprint density at radius 3 is 2.56 bits per heavy atom. The summed E-state index contributed by atoms with van der Waals surface area (Å²) in [6.07, 6.45) is 1.92. The lowest BCUT2D eigenvalue weighted by Crippen LogP contribution is -2.47. The van der Waals surface area contributed by atoms with Gasteiger partial charge in [0.1, 0.15) is 5.82 Å². The first-order chi connectivity index (χ1) is 15.7. The number of para-hydroxylation sites is 1. The third-order valence-corrected chi connectivity index (χ3v) is 6.29. The molecule has 4 heterocycles. The van der Waals surface area contributed by atoms with Gasteiger partial charge in [-0.2, -0.15) is 9.50 Å². The summed E-state index contributed by atoms with van der Waals surface area (Å²) in [5.74, 6) is 1.53. The zero-order valence-electron chi connectivity index (χ0n) is 18.0.